The maximum absolute atomic E-state index is 13.3. The van der Waals surface area contributed by atoms with Crippen LogP contribution in [0, 0.1) is 23.7 Å². The van der Waals surface area contributed by atoms with Gasteiger partial charge in [-0.25, -0.2) is 14.6 Å². The zero-order chi connectivity index (χ0) is 21.2. The number of amides is 5. The second-order valence-corrected chi connectivity index (χ2v) is 10.9. The number of nitrogens with zero attached hydrogens (tertiary/aromatic N) is 3. The molecule has 1 saturated heterocycles. The minimum Gasteiger partial charge on any atom is -0.341 e. The highest BCUT2D eigenvalue weighted by Crippen LogP contribution is 2.58. The molecule has 164 valence electrons. The third kappa shape index (κ3) is 3.07. The molecule has 0 atom stereocenters. The van der Waals surface area contributed by atoms with Gasteiger partial charge < -0.3 is 4.90 Å². The first-order valence-electron chi connectivity index (χ1n) is 11.7. The van der Waals surface area contributed by atoms with E-state index in [1.807, 2.05) is 0 Å². The first-order valence-corrected chi connectivity index (χ1v) is 11.7. The highest BCUT2D eigenvalue weighted by atomic mass is 16.2. The molecular formula is C23H33N3O4. The van der Waals surface area contributed by atoms with Gasteiger partial charge in [0.05, 0.1) is 5.54 Å². The van der Waals surface area contributed by atoms with Gasteiger partial charge in [-0.05, 0) is 87.9 Å². The second kappa shape index (κ2) is 7.06. The van der Waals surface area contributed by atoms with Gasteiger partial charge in [-0.1, -0.05) is 6.92 Å². The van der Waals surface area contributed by atoms with Crippen LogP contribution in [0.4, 0.5) is 4.79 Å². The van der Waals surface area contributed by atoms with Gasteiger partial charge in [0.25, 0.3) is 0 Å². The Kier molecular flexibility index (Phi) is 4.71. The van der Waals surface area contributed by atoms with Gasteiger partial charge in [-0.3, -0.25) is 14.4 Å². The van der Waals surface area contributed by atoms with E-state index >= 15 is 0 Å². The summed E-state index contributed by atoms with van der Waals surface area (Å²) in [5, 5.41) is 0. The van der Waals surface area contributed by atoms with Crippen molar-refractivity contribution in [2.75, 3.05) is 13.6 Å². The van der Waals surface area contributed by atoms with Crippen LogP contribution in [0.2, 0.25) is 0 Å². The standard InChI is InChI=1S/C23H33N3O4/c1-14-3-5-18(6-4-14)24(2)19(27)13-25-20(28)21(29)26(22(25)30)23-10-15-7-16(11-23)9-17(8-15)12-23/h14-18H,3-13H2,1-2H3. The maximum Gasteiger partial charge on any atom is 0.335 e. The molecule has 30 heavy (non-hydrogen) atoms. The largest absolute Gasteiger partial charge is 0.341 e. The summed E-state index contributed by atoms with van der Waals surface area (Å²) in [7, 11) is 1.76. The van der Waals surface area contributed by atoms with E-state index in [9.17, 15) is 19.2 Å². The molecule has 0 unspecified atom stereocenters. The Bertz CT molecular complexity index is 750. The van der Waals surface area contributed by atoms with Crippen LogP contribution < -0.4 is 0 Å². The molecule has 0 aromatic carbocycles. The highest BCUT2D eigenvalue weighted by Gasteiger charge is 2.61. The summed E-state index contributed by atoms with van der Waals surface area (Å²) in [4.78, 5) is 55.7. The molecule has 5 aliphatic carbocycles. The third-order valence-electron chi connectivity index (χ3n) is 8.75. The van der Waals surface area contributed by atoms with Crippen LogP contribution in [0.5, 0.6) is 0 Å². The normalized spacial score (nSPS) is 40.5. The first kappa shape index (κ1) is 20.0. The van der Waals surface area contributed by atoms with Gasteiger partial charge in [0.1, 0.15) is 6.54 Å². The van der Waals surface area contributed by atoms with Crippen molar-refractivity contribution >= 4 is 23.8 Å². The minimum absolute atomic E-state index is 0.150. The molecule has 0 aromatic heterocycles. The van der Waals surface area contributed by atoms with E-state index in [2.05, 4.69) is 6.92 Å². The molecule has 0 aromatic rings. The maximum atomic E-state index is 13.3. The molecule has 6 rings (SSSR count). The van der Waals surface area contributed by atoms with E-state index in [0.29, 0.717) is 23.7 Å². The lowest BCUT2D eigenvalue weighted by atomic mass is 9.52. The molecular weight excluding hydrogens is 382 g/mol. The van der Waals surface area contributed by atoms with Crippen molar-refractivity contribution < 1.29 is 19.2 Å². The Labute approximate surface area is 178 Å². The predicted molar refractivity (Wildman–Crippen MR) is 109 cm³/mol. The number of hydrogen-bond acceptors (Lipinski definition) is 4. The molecule has 5 saturated carbocycles. The Morgan fingerprint density at radius 3 is 2.00 bits per heavy atom. The molecule has 4 bridgehead atoms. The minimum atomic E-state index is -0.824. The van der Waals surface area contributed by atoms with E-state index in [-0.39, 0.29) is 18.5 Å². The average molecular weight is 416 g/mol. The van der Waals surface area contributed by atoms with Crippen LogP contribution >= 0.6 is 0 Å². The molecule has 0 spiro atoms. The topological polar surface area (TPSA) is 78.0 Å². The number of carbonyl (C=O) groups excluding carboxylic acids is 4. The number of hydrogen-bond donors (Lipinski definition) is 0. The van der Waals surface area contributed by atoms with E-state index in [1.54, 1.807) is 11.9 Å². The summed E-state index contributed by atoms with van der Waals surface area (Å²) in [6, 6.07) is -0.414. The molecule has 7 nitrogen and oxygen atoms in total. The van der Waals surface area contributed by atoms with E-state index in [0.717, 1.165) is 49.8 Å². The Morgan fingerprint density at radius 1 is 0.933 bits per heavy atom. The van der Waals surface area contributed by atoms with Crippen molar-refractivity contribution in [3.63, 3.8) is 0 Å². The fourth-order valence-electron chi connectivity index (χ4n) is 7.48. The number of likely N-dealkylation sites (N-methyl/N-ethyl adjacent to an activating group) is 1. The van der Waals surface area contributed by atoms with Crippen LogP contribution in [-0.4, -0.2) is 63.6 Å². The van der Waals surface area contributed by atoms with Crippen molar-refractivity contribution in [1.82, 2.24) is 14.7 Å². The quantitative estimate of drug-likeness (QED) is 0.522. The summed E-state index contributed by atoms with van der Waals surface area (Å²) in [5.41, 5.74) is -0.498. The number of rotatable bonds is 4. The van der Waals surface area contributed by atoms with Gasteiger partial charge in [-0.2, -0.15) is 0 Å². The summed E-state index contributed by atoms with van der Waals surface area (Å²) < 4.78 is 0. The zero-order valence-corrected chi connectivity index (χ0v) is 18.1. The van der Waals surface area contributed by atoms with Crippen LogP contribution in [-0.2, 0) is 14.4 Å². The molecule has 0 radical (unpaired) electrons. The van der Waals surface area contributed by atoms with Crippen molar-refractivity contribution in [3.8, 4) is 0 Å². The fourth-order valence-corrected chi connectivity index (χ4v) is 7.48. The summed E-state index contributed by atoms with van der Waals surface area (Å²) >= 11 is 0. The van der Waals surface area contributed by atoms with Gasteiger partial charge in [0, 0.05) is 13.1 Å². The number of urea groups is 1. The lowest BCUT2D eigenvalue weighted by molar-refractivity contribution is -0.150. The van der Waals surface area contributed by atoms with Crippen molar-refractivity contribution in [2.45, 2.75) is 82.7 Å². The lowest BCUT2D eigenvalue weighted by Crippen LogP contribution is -2.62. The number of imide groups is 2. The van der Waals surface area contributed by atoms with Crippen LogP contribution in [0.1, 0.15) is 71.1 Å². The van der Waals surface area contributed by atoms with Crippen molar-refractivity contribution in [1.29, 1.82) is 0 Å². The van der Waals surface area contributed by atoms with E-state index in [4.69, 9.17) is 0 Å². The SMILES string of the molecule is CC1CCC(N(C)C(=O)CN2C(=O)C(=O)N(C34CC5CC(CC(C5)C3)C4)C2=O)CC1. The molecule has 0 N–H and O–H groups in total. The summed E-state index contributed by atoms with van der Waals surface area (Å²) in [6.07, 6.45) is 10.1. The molecule has 1 heterocycles. The van der Waals surface area contributed by atoms with Gasteiger partial charge in [0.2, 0.25) is 5.91 Å². The number of carbonyl (C=O) groups is 4. The molecule has 7 heteroatoms. The fraction of sp³-hybridized carbons (Fsp3) is 0.826. The first-order chi connectivity index (χ1) is 14.3. The average Bonchev–Trinajstić information content (AvgIpc) is 2.90. The second-order valence-electron chi connectivity index (χ2n) is 10.9. The Balaban J connectivity index is 1.30. The molecule has 1 aliphatic heterocycles. The lowest BCUT2D eigenvalue weighted by Gasteiger charge is -2.58. The molecule has 6 fully saturated rings. The van der Waals surface area contributed by atoms with Crippen molar-refractivity contribution in [3.05, 3.63) is 0 Å². The molecule has 6 aliphatic rings. The summed E-state index contributed by atoms with van der Waals surface area (Å²) in [5.74, 6) is 0.556. The molecule has 5 amide bonds. The monoisotopic (exact) mass is 415 g/mol. The Morgan fingerprint density at radius 2 is 1.47 bits per heavy atom. The van der Waals surface area contributed by atoms with Gasteiger partial charge in [-0.15, -0.1) is 0 Å². The smallest absolute Gasteiger partial charge is 0.335 e. The van der Waals surface area contributed by atoms with E-state index in [1.165, 1.54) is 24.2 Å². The highest BCUT2D eigenvalue weighted by molar-refractivity contribution is 6.45. The van der Waals surface area contributed by atoms with Gasteiger partial charge >= 0.3 is 17.8 Å². The predicted octanol–water partition coefficient (Wildman–Crippen LogP) is 2.78. The van der Waals surface area contributed by atoms with Crippen molar-refractivity contribution in [2.24, 2.45) is 23.7 Å². The van der Waals surface area contributed by atoms with Crippen LogP contribution in [0.3, 0.4) is 0 Å². The third-order valence-corrected chi connectivity index (χ3v) is 8.75. The summed E-state index contributed by atoms with van der Waals surface area (Å²) in [6.45, 7) is 1.90. The Hall–Kier alpha value is -1.92. The van der Waals surface area contributed by atoms with E-state index < -0.39 is 23.4 Å². The van der Waals surface area contributed by atoms with Crippen LogP contribution in [0.15, 0.2) is 0 Å². The van der Waals surface area contributed by atoms with Gasteiger partial charge in [0.15, 0.2) is 0 Å². The van der Waals surface area contributed by atoms with Crippen LogP contribution in [0.25, 0.3) is 0 Å². The zero-order valence-electron chi connectivity index (χ0n) is 18.1.